The van der Waals surface area contributed by atoms with Crippen LogP contribution in [0, 0.1) is 29.1 Å². The molecule has 0 aromatic carbocycles. The van der Waals surface area contributed by atoms with Gasteiger partial charge in [0.05, 0.1) is 0 Å². The largest absolute Gasteiger partial charge is 0.0956 e. The molecule has 0 nitrogen and oxygen atoms in total. The Balaban J connectivity index is 1.70. The van der Waals surface area contributed by atoms with Crippen LogP contribution >= 0.6 is 22.6 Å². The minimum atomic E-state index is 0.550. The number of hydrogen-bond acceptors (Lipinski definition) is 0. The molecule has 3 aliphatic rings. The van der Waals surface area contributed by atoms with E-state index in [1.165, 1.54) is 81.8 Å². The summed E-state index contributed by atoms with van der Waals surface area (Å²) in [5, 5.41) is 0. The van der Waals surface area contributed by atoms with E-state index in [0.717, 1.165) is 27.6 Å². The Kier molecular flexibility index (Phi) is 7.95. The monoisotopic (exact) mass is 494 g/mol. The van der Waals surface area contributed by atoms with Crippen molar-refractivity contribution < 1.29 is 0 Å². The van der Waals surface area contributed by atoms with Crippen LogP contribution < -0.4 is 0 Å². The summed E-state index contributed by atoms with van der Waals surface area (Å²) in [5.41, 5.74) is 5.25. The lowest BCUT2D eigenvalue weighted by Crippen LogP contribution is -2.36. The highest BCUT2D eigenvalue weighted by atomic mass is 127. The molecule has 0 spiro atoms. The first-order valence-electron chi connectivity index (χ1n) is 12.0. The molecule has 0 radical (unpaired) electrons. The molecule has 28 heavy (non-hydrogen) atoms. The van der Waals surface area contributed by atoms with Crippen molar-refractivity contribution in [2.24, 2.45) is 29.1 Å². The van der Waals surface area contributed by atoms with Crippen LogP contribution in [-0.4, -0.2) is 3.92 Å². The molecule has 0 N–H and O–H groups in total. The van der Waals surface area contributed by atoms with Crippen molar-refractivity contribution in [1.29, 1.82) is 0 Å². The molecule has 0 aliphatic heterocycles. The summed E-state index contributed by atoms with van der Waals surface area (Å²) in [5.74, 6) is 3.49. The first-order valence-corrected chi connectivity index (χ1v) is 13.3. The second kappa shape index (κ2) is 9.84. The van der Waals surface area contributed by atoms with E-state index in [2.05, 4.69) is 69.0 Å². The third-order valence-electron chi connectivity index (χ3n) is 8.45. The predicted molar refractivity (Wildman–Crippen MR) is 133 cm³/mol. The van der Waals surface area contributed by atoms with Crippen LogP contribution in [0.15, 0.2) is 35.5 Å². The van der Waals surface area contributed by atoms with Gasteiger partial charge in [-0.25, -0.2) is 0 Å². The quantitative estimate of drug-likeness (QED) is 0.255. The Labute approximate surface area is 188 Å². The molecule has 0 aromatic heterocycles. The minimum Gasteiger partial charge on any atom is -0.0956 e. The fourth-order valence-electron chi connectivity index (χ4n) is 6.73. The number of hydrogen-bond donors (Lipinski definition) is 0. The van der Waals surface area contributed by atoms with Gasteiger partial charge in [0.15, 0.2) is 0 Å². The van der Waals surface area contributed by atoms with Gasteiger partial charge in [0.2, 0.25) is 0 Å². The second-order valence-electron chi connectivity index (χ2n) is 10.7. The van der Waals surface area contributed by atoms with Gasteiger partial charge >= 0.3 is 0 Å². The van der Waals surface area contributed by atoms with Crippen molar-refractivity contribution in [3.63, 3.8) is 0 Å². The van der Waals surface area contributed by atoms with Crippen molar-refractivity contribution in [3.05, 3.63) is 35.5 Å². The maximum atomic E-state index is 4.35. The third-order valence-corrected chi connectivity index (χ3v) is 9.07. The van der Waals surface area contributed by atoms with Gasteiger partial charge in [-0.05, 0) is 92.4 Å². The third kappa shape index (κ3) is 5.16. The summed E-state index contributed by atoms with van der Waals surface area (Å²) in [4.78, 5) is 0. The fraction of sp³-hybridized carbons (Fsp3) is 0.778. The lowest BCUT2D eigenvalue weighted by Gasteiger charge is -2.44. The number of rotatable bonds is 6. The van der Waals surface area contributed by atoms with E-state index in [9.17, 15) is 0 Å². The summed E-state index contributed by atoms with van der Waals surface area (Å²) >= 11 is 2.58. The summed E-state index contributed by atoms with van der Waals surface area (Å²) in [7, 11) is 0. The second-order valence-corrected chi connectivity index (χ2v) is 12.8. The summed E-state index contributed by atoms with van der Waals surface area (Å²) < 4.78 is 0.825. The Hall–Kier alpha value is -0.0500. The molecule has 6 atom stereocenters. The van der Waals surface area contributed by atoms with Gasteiger partial charge in [0, 0.05) is 3.92 Å². The molecule has 158 valence electrons. The average Bonchev–Trinajstić information content (AvgIpc) is 2.99. The van der Waals surface area contributed by atoms with E-state index in [1.807, 2.05) is 0 Å². The molecule has 0 aromatic rings. The molecule has 1 heteroatoms. The van der Waals surface area contributed by atoms with E-state index in [1.54, 1.807) is 5.57 Å². The standard InChI is InChI=1S/C27H43I/c1-19-11-12-20(2)24(18-19)14-13-23-10-7-17-27(5)25(15-16-26(23)27)21(3)8-6-9-22(4)28/h13-14,19,21-22,25-26H,2,6-12,15-18H2,1,3-5H3/b23-13+,24-14-. The zero-order chi connectivity index (χ0) is 20.3. The zero-order valence-electron chi connectivity index (χ0n) is 18.9. The van der Waals surface area contributed by atoms with E-state index in [4.69, 9.17) is 0 Å². The highest BCUT2D eigenvalue weighted by Gasteiger charge is 2.50. The number of fused-ring (bicyclic) bond motifs is 1. The van der Waals surface area contributed by atoms with Crippen LogP contribution in [-0.2, 0) is 0 Å². The summed E-state index contributed by atoms with van der Waals surface area (Å²) in [6, 6.07) is 0. The molecule has 3 saturated carbocycles. The van der Waals surface area contributed by atoms with Gasteiger partial charge in [-0.15, -0.1) is 0 Å². The molecular weight excluding hydrogens is 451 g/mol. The molecule has 3 rings (SSSR count). The van der Waals surface area contributed by atoms with E-state index in [0.29, 0.717) is 5.41 Å². The Bertz CT molecular complexity index is 610. The Morgan fingerprint density at radius 2 is 1.93 bits per heavy atom. The van der Waals surface area contributed by atoms with Crippen molar-refractivity contribution in [3.8, 4) is 0 Å². The van der Waals surface area contributed by atoms with Crippen LogP contribution in [0.1, 0.15) is 98.3 Å². The number of halogens is 1. The van der Waals surface area contributed by atoms with Gasteiger partial charge in [-0.1, -0.05) is 93.0 Å². The van der Waals surface area contributed by atoms with Crippen molar-refractivity contribution in [2.45, 2.75) is 102 Å². The zero-order valence-corrected chi connectivity index (χ0v) is 21.1. The highest BCUT2D eigenvalue weighted by Crippen LogP contribution is 2.60. The Morgan fingerprint density at radius 3 is 2.68 bits per heavy atom. The number of alkyl halides is 1. The molecular formula is C27H43I. The van der Waals surface area contributed by atoms with Crippen LogP contribution in [0.3, 0.4) is 0 Å². The van der Waals surface area contributed by atoms with Crippen LogP contribution in [0.4, 0.5) is 0 Å². The molecule has 0 saturated heterocycles. The first-order chi connectivity index (χ1) is 13.3. The lowest BCUT2D eigenvalue weighted by molar-refractivity contribution is 0.0933. The van der Waals surface area contributed by atoms with Crippen LogP contribution in [0.2, 0.25) is 0 Å². The van der Waals surface area contributed by atoms with E-state index >= 15 is 0 Å². The summed E-state index contributed by atoms with van der Waals surface area (Å²) in [6.45, 7) is 14.3. The van der Waals surface area contributed by atoms with Gasteiger partial charge in [-0.2, -0.15) is 0 Å². The van der Waals surface area contributed by atoms with E-state index in [-0.39, 0.29) is 0 Å². The van der Waals surface area contributed by atoms with Crippen molar-refractivity contribution >= 4 is 22.6 Å². The fourth-order valence-corrected chi connectivity index (χ4v) is 7.17. The van der Waals surface area contributed by atoms with Gasteiger partial charge in [0.1, 0.15) is 0 Å². The maximum absolute atomic E-state index is 4.35. The smallest absolute Gasteiger partial charge is 0.00813 e. The highest BCUT2D eigenvalue weighted by molar-refractivity contribution is 14.1. The SMILES string of the molecule is C=C1CCC(C)C/C1=C/C=C1\CCCC2(C)C1CCC2C(C)CCCC(C)I. The molecule has 3 aliphatic carbocycles. The average molecular weight is 495 g/mol. The lowest BCUT2D eigenvalue weighted by atomic mass is 9.60. The predicted octanol–water partition coefficient (Wildman–Crippen LogP) is 9.06. The minimum absolute atomic E-state index is 0.550. The van der Waals surface area contributed by atoms with Gasteiger partial charge in [-0.3, -0.25) is 0 Å². The molecule has 0 amide bonds. The van der Waals surface area contributed by atoms with Crippen molar-refractivity contribution in [2.75, 3.05) is 0 Å². The molecule has 0 bridgehead atoms. The van der Waals surface area contributed by atoms with Crippen LogP contribution in [0.5, 0.6) is 0 Å². The normalized spacial score (nSPS) is 38.6. The topological polar surface area (TPSA) is 0 Å². The molecule has 3 fully saturated rings. The molecule has 0 heterocycles. The Morgan fingerprint density at radius 1 is 1.14 bits per heavy atom. The maximum Gasteiger partial charge on any atom is 0.00813 e. The van der Waals surface area contributed by atoms with Gasteiger partial charge < -0.3 is 0 Å². The summed E-state index contributed by atoms with van der Waals surface area (Å²) in [6.07, 6.45) is 20.1. The van der Waals surface area contributed by atoms with Crippen LogP contribution in [0.25, 0.3) is 0 Å². The van der Waals surface area contributed by atoms with E-state index < -0.39 is 0 Å². The molecule has 6 unspecified atom stereocenters. The first kappa shape index (κ1) is 22.6. The van der Waals surface area contributed by atoms with Crippen molar-refractivity contribution in [1.82, 2.24) is 0 Å². The number of allylic oxidation sites excluding steroid dienone is 5. The van der Waals surface area contributed by atoms with Gasteiger partial charge in [0.25, 0.3) is 0 Å².